The maximum Gasteiger partial charge on any atom is 0.139 e. The van der Waals surface area contributed by atoms with Crippen molar-refractivity contribution in [1.29, 1.82) is 0 Å². The lowest BCUT2D eigenvalue weighted by Gasteiger charge is -2.07. The first kappa shape index (κ1) is 10.5. The van der Waals surface area contributed by atoms with E-state index in [0.717, 1.165) is 16.5 Å². The number of fused-ring (bicyclic) bond motifs is 1. The molecule has 0 N–H and O–H groups in total. The van der Waals surface area contributed by atoms with Crippen LogP contribution in [-0.2, 0) is 0 Å². The fourth-order valence-corrected chi connectivity index (χ4v) is 1.86. The summed E-state index contributed by atoms with van der Waals surface area (Å²) in [6.07, 6.45) is 1.73. The van der Waals surface area contributed by atoms with Gasteiger partial charge in [0.1, 0.15) is 5.75 Å². The highest BCUT2D eigenvalue weighted by Gasteiger charge is 2.08. The Morgan fingerprint density at radius 1 is 1.27 bits per heavy atom. The van der Waals surface area contributed by atoms with Crippen LogP contribution in [0, 0.1) is 6.92 Å². The number of methoxy groups -OCH3 is 1. The molecule has 2 rings (SSSR count). The summed E-state index contributed by atoms with van der Waals surface area (Å²) in [5.74, 6) is 0.608. The Balaban J connectivity index is 2.81. The van der Waals surface area contributed by atoms with Crippen LogP contribution in [0.15, 0.2) is 18.3 Å². The molecule has 2 nitrogen and oxygen atoms in total. The van der Waals surface area contributed by atoms with Crippen LogP contribution in [0.5, 0.6) is 5.75 Å². The minimum atomic E-state index is 0.541. The maximum atomic E-state index is 6.15. The Kier molecular flexibility index (Phi) is 2.72. The summed E-state index contributed by atoms with van der Waals surface area (Å²) in [6, 6.07) is 3.56. The van der Waals surface area contributed by atoms with E-state index in [2.05, 4.69) is 4.98 Å². The normalized spacial score (nSPS) is 10.7. The Morgan fingerprint density at radius 2 is 2.00 bits per heavy atom. The van der Waals surface area contributed by atoms with E-state index in [1.807, 2.05) is 6.92 Å². The molecule has 0 saturated carbocycles. The lowest BCUT2D eigenvalue weighted by atomic mass is 10.1. The van der Waals surface area contributed by atoms with E-state index in [0.29, 0.717) is 15.8 Å². The van der Waals surface area contributed by atoms with Crippen molar-refractivity contribution in [3.8, 4) is 5.75 Å². The van der Waals surface area contributed by atoms with Crippen LogP contribution in [0.2, 0.25) is 10.0 Å². The van der Waals surface area contributed by atoms with E-state index in [9.17, 15) is 0 Å². The van der Waals surface area contributed by atoms with Gasteiger partial charge in [-0.05, 0) is 18.6 Å². The second-order valence-electron chi connectivity index (χ2n) is 3.26. The molecule has 0 unspecified atom stereocenters. The monoisotopic (exact) mass is 241 g/mol. The minimum absolute atomic E-state index is 0.541. The summed E-state index contributed by atoms with van der Waals surface area (Å²) in [5, 5.41) is 2.08. The number of pyridine rings is 1. The van der Waals surface area contributed by atoms with E-state index < -0.39 is 0 Å². The molecule has 0 aliphatic heterocycles. The average molecular weight is 242 g/mol. The maximum absolute atomic E-state index is 6.15. The zero-order valence-electron chi connectivity index (χ0n) is 8.34. The van der Waals surface area contributed by atoms with Crippen LogP contribution < -0.4 is 4.74 Å². The number of aromatic nitrogens is 1. The first-order valence-electron chi connectivity index (χ1n) is 4.42. The number of nitrogens with zero attached hydrogens (tertiary/aromatic N) is 1. The third-order valence-corrected chi connectivity index (χ3v) is 3.05. The Morgan fingerprint density at radius 3 is 2.67 bits per heavy atom. The van der Waals surface area contributed by atoms with E-state index in [-0.39, 0.29) is 0 Å². The zero-order valence-corrected chi connectivity index (χ0v) is 9.86. The van der Waals surface area contributed by atoms with E-state index in [4.69, 9.17) is 27.9 Å². The molecule has 2 aromatic rings. The van der Waals surface area contributed by atoms with Gasteiger partial charge in [-0.1, -0.05) is 23.2 Å². The molecule has 0 aliphatic carbocycles. The van der Waals surface area contributed by atoms with Gasteiger partial charge in [-0.2, -0.15) is 0 Å². The van der Waals surface area contributed by atoms with Crippen LogP contribution in [0.25, 0.3) is 10.9 Å². The number of halogens is 2. The van der Waals surface area contributed by atoms with Gasteiger partial charge in [-0.25, -0.2) is 0 Å². The highest BCUT2D eigenvalue weighted by atomic mass is 35.5. The van der Waals surface area contributed by atoms with Crippen molar-refractivity contribution in [1.82, 2.24) is 4.98 Å². The smallest absolute Gasteiger partial charge is 0.139 e. The van der Waals surface area contributed by atoms with Crippen molar-refractivity contribution < 1.29 is 4.74 Å². The molecule has 15 heavy (non-hydrogen) atoms. The Bertz CT molecular complexity index is 525. The molecule has 0 fully saturated rings. The summed E-state index contributed by atoms with van der Waals surface area (Å²) < 4.78 is 5.11. The van der Waals surface area contributed by atoms with Gasteiger partial charge in [0.15, 0.2) is 0 Å². The second kappa shape index (κ2) is 3.87. The van der Waals surface area contributed by atoms with Crippen molar-refractivity contribution in [3.05, 3.63) is 33.9 Å². The SMILES string of the molecule is COc1cc2ncc(C)c(Cl)c2cc1Cl. The molecule has 0 radical (unpaired) electrons. The molecule has 1 aromatic heterocycles. The van der Waals surface area contributed by atoms with Crippen LogP contribution in [0.4, 0.5) is 0 Å². The molecular formula is C11H9Cl2NO. The molecule has 0 aliphatic rings. The fraction of sp³-hybridized carbons (Fsp3) is 0.182. The lowest BCUT2D eigenvalue weighted by Crippen LogP contribution is -1.88. The summed E-state index contributed by atoms with van der Waals surface area (Å²) in [5.41, 5.74) is 1.72. The number of hydrogen-bond donors (Lipinski definition) is 0. The third kappa shape index (κ3) is 1.75. The number of hydrogen-bond acceptors (Lipinski definition) is 2. The molecule has 1 aromatic carbocycles. The highest BCUT2D eigenvalue weighted by molar-refractivity contribution is 6.37. The number of aryl methyl sites for hydroxylation is 1. The first-order chi connectivity index (χ1) is 7.13. The van der Waals surface area contributed by atoms with Gasteiger partial charge in [0.05, 0.1) is 22.7 Å². The fourth-order valence-electron chi connectivity index (χ4n) is 1.42. The second-order valence-corrected chi connectivity index (χ2v) is 4.04. The summed E-state index contributed by atoms with van der Waals surface area (Å²) >= 11 is 12.2. The third-order valence-electron chi connectivity index (χ3n) is 2.25. The average Bonchev–Trinajstić information content (AvgIpc) is 2.24. The number of rotatable bonds is 1. The van der Waals surface area contributed by atoms with E-state index >= 15 is 0 Å². The Labute approximate surface area is 97.8 Å². The largest absolute Gasteiger partial charge is 0.495 e. The zero-order chi connectivity index (χ0) is 11.0. The van der Waals surface area contributed by atoms with Gasteiger partial charge in [0.2, 0.25) is 0 Å². The first-order valence-corrected chi connectivity index (χ1v) is 5.17. The van der Waals surface area contributed by atoms with Crippen molar-refractivity contribution in [2.45, 2.75) is 6.92 Å². The molecule has 0 bridgehead atoms. The quantitative estimate of drug-likeness (QED) is 0.757. The standard InChI is InChI=1S/C11H9Cl2NO/c1-6-5-14-9-4-10(15-2)8(12)3-7(9)11(6)13/h3-5H,1-2H3. The van der Waals surface area contributed by atoms with Crippen LogP contribution >= 0.6 is 23.2 Å². The van der Waals surface area contributed by atoms with Gasteiger partial charge < -0.3 is 4.74 Å². The molecule has 4 heteroatoms. The lowest BCUT2D eigenvalue weighted by molar-refractivity contribution is 0.415. The predicted molar refractivity (Wildman–Crippen MR) is 63.1 cm³/mol. The molecule has 0 spiro atoms. The van der Waals surface area contributed by atoms with Crippen molar-refractivity contribution >= 4 is 34.1 Å². The van der Waals surface area contributed by atoms with Gasteiger partial charge in [-0.3, -0.25) is 4.98 Å². The molecule has 0 amide bonds. The van der Waals surface area contributed by atoms with Gasteiger partial charge in [0, 0.05) is 17.6 Å². The molecule has 1 heterocycles. The summed E-state index contributed by atoms with van der Waals surface area (Å²) in [7, 11) is 1.57. The molecule has 0 atom stereocenters. The number of ether oxygens (including phenoxy) is 1. The summed E-state index contributed by atoms with van der Waals surface area (Å²) in [6.45, 7) is 1.91. The van der Waals surface area contributed by atoms with Crippen LogP contribution in [0.1, 0.15) is 5.56 Å². The summed E-state index contributed by atoms with van der Waals surface area (Å²) in [4.78, 5) is 4.27. The van der Waals surface area contributed by atoms with Gasteiger partial charge in [0.25, 0.3) is 0 Å². The van der Waals surface area contributed by atoms with Crippen molar-refractivity contribution in [2.75, 3.05) is 7.11 Å². The van der Waals surface area contributed by atoms with Crippen LogP contribution in [-0.4, -0.2) is 12.1 Å². The van der Waals surface area contributed by atoms with Crippen LogP contribution in [0.3, 0.4) is 0 Å². The molecule has 0 saturated heterocycles. The molecule has 78 valence electrons. The van der Waals surface area contributed by atoms with E-state index in [1.54, 1.807) is 25.4 Å². The minimum Gasteiger partial charge on any atom is -0.495 e. The molecular weight excluding hydrogens is 233 g/mol. The van der Waals surface area contributed by atoms with Gasteiger partial charge >= 0.3 is 0 Å². The van der Waals surface area contributed by atoms with Crippen molar-refractivity contribution in [2.24, 2.45) is 0 Å². The number of benzene rings is 1. The predicted octanol–water partition coefficient (Wildman–Crippen LogP) is 3.86. The highest BCUT2D eigenvalue weighted by Crippen LogP contribution is 2.33. The topological polar surface area (TPSA) is 22.1 Å². The van der Waals surface area contributed by atoms with E-state index in [1.165, 1.54) is 0 Å². The Hall–Kier alpha value is -0.990. The van der Waals surface area contributed by atoms with Crippen molar-refractivity contribution in [3.63, 3.8) is 0 Å². The van der Waals surface area contributed by atoms with Gasteiger partial charge in [-0.15, -0.1) is 0 Å².